The molecule has 1 aliphatic rings. The summed E-state index contributed by atoms with van der Waals surface area (Å²) in [4.78, 5) is 9.13. The Hall–Kier alpha value is -2.37. The van der Waals surface area contributed by atoms with E-state index in [1.165, 1.54) is 12.8 Å². The van der Waals surface area contributed by atoms with Gasteiger partial charge in [-0.05, 0) is 25.0 Å². The van der Waals surface area contributed by atoms with E-state index in [0.29, 0.717) is 18.3 Å². The topological polar surface area (TPSA) is 74.6 Å². The van der Waals surface area contributed by atoms with Crippen molar-refractivity contribution in [1.29, 1.82) is 0 Å². The van der Waals surface area contributed by atoms with Crippen molar-refractivity contribution in [1.82, 2.24) is 24.3 Å². The predicted molar refractivity (Wildman–Crippen MR) is 71.5 cm³/mol. The van der Waals surface area contributed by atoms with Gasteiger partial charge in [0, 0.05) is 18.4 Å². The average molecular weight is 254 g/mol. The summed E-state index contributed by atoms with van der Waals surface area (Å²) < 4.78 is 4.06. The van der Waals surface area contributed by atoms with Crippen LogP contribution in [0.1, 0.15) is 24.7 Å². The molecule has 0 unspecified atom stereocenters. The minimum atomic E-state index is 0.544. The monoisotopic (exact) mass is 254 g/mol. The summed E-state index contributed by atoms with van der Waals surface area (Å²) in [5, 5.41) is 4.22. The van der Waals surface area contributed by atoms with E-state index < -0.39 is 0 Å². The first-order chi connectivity index (χ1) is 9.31. The highest BCUT2D eigenvalue weighted by molar-refractivity contribution is 5.71. The molecule has 0 aliphatic heterocycles. The molecule has 1 saturated carbocycles. The molecule has 0 aromatic carbocycles. The van der Waals surface area contributed by atoms with Crippen molar-refractivity contribution < 1.29 is 0 Å². The number of fused-ring (bicyclic) bond motifs is 1. The van der Waals surface area contributed by atoms with Crippen LogP contribution in [0, 0.1) is 0 Å². The Balaban J connectivity index is 1.82. The second-order valence-corrected chi connectivity index (χ2v) is 4.95. The highest BCUT2D eigenvalue weighted by Gasteiger charge is 2.28. The maximum atomic E-state index is 5.69. The van der Waals surface area contributed by atoms with Crippen LogP contribution in [-0.4, -0.2) is 24.3 Å². The minimum absolute atomic E-state index is 0.544. The molecule has 0 radical (unpaired) electrons. The number of aromatic nitrogens is 5. The van der Waals surface area contributed by atoms with Crippen LogP contribution in [0.5, 0.6) is 0 Å². The van der Waals surface area contributed by atoms with E-state index >= 15 is 0 Å². The van der Waals surface area contributed by atoms with Crippen LogP contribution in [0.4, 0.5) is 5.69 Å². The predicted octanol–water partition coefficient (Wildman–Crippen LogP) is 1.59. The molecule has 0 atom stereocenters. The molecule has 3 aromatic heterocycles. The number of nitrogens with zero attached hydrogens (tertiary/aromatic N) is 5. The number of nitrogens with two attached hydrogens (primary N) is 1. The lowest BCUT2D eigenvalue weighted by Gasteiger charge is -2.06. The fourth-order valence-corrected chi connectivity index (χ4v) is 2.42. The normalized spacial score (nSPS) is 15.2. The molecule has 0 amide bonds. The zero-order valence-corrected chi connectivity index (χ0v) is 10.4. The summed E-state index contributed by atoms with van der Waals surface area (Å²) in [6, 6.07) is 4.47. The van der Waals surface area contributed by atoms with Gasteiger partial charge in [-0.3, -0.25) is 4.68 Å². The Kier molecular flexibility index (Phi) is 2.11. The molecule has 0 bridgehead atoms. The molecule has 4 rings (SSSR count). The van der Waals surface area contributed by atoms with Crippen molar-refractivity contribution >= 4 is 16.9 Å². The van der Waals surface area contributed by atoms with Gasteiger partial charge in [0.25, 0.3) is 0 Å². The van der Waals surface area contributed by atoms with Crippen LogP contribution < -0.4 is 5.73 Å². The van der Waals surface area contributed by atoms with E-state index in [4.69, 9.17) is 5.73 Å². The first-order valence-corrected chi connectivity index (χ1v) is 6.41. The molecule has 3 aromatic rings. The van der Waals surface area contributed by atoms with Crippen LogP contribution >= 0.6 is 0 Å². The van der Waals surface area contributed by atoms with E-state index in [0.717, 1.165) is 17.0 Å². The van der Waals surface area contributed by atoms with Gasteiger partial charge in [0.1, 0.15) is 11.3 Å². The number of pyridine rings is 1. The van der Waals surface area contributed by atoms with Gasteiger partial charge in [0.15, 0.2) is 5.65 Å². The molecule has 1 fully saturated rings. The van der Waals surface area contributed by atoms with E-state index in [2.05, 4.69) is 19.6 Å². The lowest BCUT2D eigenvalue weighted by molar-refractivity contribution is 0.606. The number of imidazole rings is 1. The van der Waals surface area contributed by atoms with Crippen LogP contribution in [0.2, 0.25) is 0 Å². The van der Waals surface area contributed by atoms with E-state index in [9.17, 15) is 0 Å². The quantitative estimate of drug-likeness (QED) is 0.770. The fourth-order valence-electron chi connectivity index (χ4n) is 2.42. The van der Waals surface area contributed by atoms with Crippen molar-refractivity contribution in [3.8, 4) is 0 Å². The van der Waals surface area contributed by atoms with Gasteiger partial charge in [0.2, 0.25) is 0 Å². The molecule has 96 valence electrons. The first-order valence-electron chi connectivity index (χ1n) is 6.41. The van der Waals surface area contributed by atoms with Gasteiger partial charge in [-0.25, -0.2) is 9.97 Å². The number of anilines is 1. The Morgan fingerprint density at radius 2 is 2.26 bits per heavy atom. The summed E-state index contributed by atoms with van der Waals surface area (Å²) in [7, 11) is 0. The maximum absolute atomic E-state index is 5.69. The largest absolute Gasteiger partial charge is 0.396 e. The first kappa shape index (κ1) is 10.5. The highest BCUT2D eigenvalue weighted by atomic mass is 15.3. The molecular weight excluding hydrogens is 240 g/mol. The molecule has 1 aliphatic carbocycles. The number of hydrogen-bond donors (Lipinski definition) is 1. The Labute approximate surface area is 109 Å². The summed E-state index contributed by atoms with van der Waals surface area (Å²) >= 11 is 0. The smallest absolute Gasteiger partial charge is 0.160 e. The lowest BCUT2D eigenvalue weighted by Crippen LogP contribution is -2.08. The van der Waals surface area contributed by atoms with Gasteiger partial charge in [-0.2, -0.15) is 5.10 Å². The second kappa shape index (κ2) is 3.81. The molecule has 6 heteroatoms. The molecule has 6 nitrogen and oxygen atoms in total. The van der Waals surface area contributed by atoms with Crippen molar-refractivity contribution in [2.24, 2.45) is 0 Å². The molecular formula is C13H14N6. The molecule has 2 N–H and O–H groups in total. The Morgan fingerprint density at radius 3 is 3.00 bits per heavy atom. The summed E-state index contributed by atoms with van der Waals surface area (Å²) in [6.45, 7) is 0.629. The van der Waals surface area contributed by atoms with Crippen molar-refractivity contribution in [2.45, 2.75) is 25.4 Å². The van der Waals surface area contributed by atoms with Crippen molar-refractivity contribution in [3.63, 3.8) is 0 Å². The van der Waals surface area contributed by atoms with E-state index in [-0.39, 0.29) is 0 Å². The fraction of sp³-hybridized carbons (Fsp3) is 0.308. The van der Waals surface area contributed by atoms with Crippen molar-refractivity contribution in [2.75, 3.05) is 5.73 Å². The highest BCUT2D eigenvalue weighted by Crippen LogP contribution is 2.38. The van der Waals surface area contributed by atoms with Gasteiger partial charge >= 0.3 is 0 Å². The van der Waals surface area contributed by atoms with Gasteiger partial charge in [0.05, 0.1) is 18.4 Å². The number of rotatable bonds is 3. The average Bonchev–Trinajstić information content (AvgIpc) is 3.06. The minimum Gasteiger partial charge on any atom is -0.396 e. The zero-order valence-electron chi connectivity index (χ0n) is 10.4. The number of hydrogen-bond acceptors (Lipinski definition) is 4. The van der Waals surface area contributed by atoms with E-state index in [1.54, 1.807) is 6.20 Å². The maximum Gasteiger partial charge on any atom is 0.160 e. The van der Waals surface area contributed by atoms with Crippen LogP contribution in [0.25, 0.3) is 11.2 Å². The Bertz CT molecular complexity index is 737. The molecule has 0 saturated heterocycles. The molecule has 19 heavy (non-hydrogen) atoms. The lowest BCUT2D eigenvalue weighted by atomic mass is 10.4. The zero-order chi connectivity index (χ0) is 12.8. The Morgan fingerprint density at radius 1 is 1.37 bits per heavy atom. The summed E-state index contributed by atoms with van der Waals surface area (Å²) in [5.74, 6) is 0.999. The second-order valence-electron chi connectivity index (χ2n) is 4.95. The van der Waals surface area contributed by atoms with Crippen LogP contribution in [0.15, 0.2) is 30.7 Å². The van der Waals surface area contributed by atoms with Gasteiger partial charge in [-0.1, -0.05) is 0 Å². The van der Waals surface area contributed by atoms with Gasteiger partial charge in [-0.15, -0.1) is 0 Å². The standard InChI is InChI=1S/C13H14N6/c14-9-6-16-18(7-9)8-12-17-11-2-1-5-15-13(11)19(12)10-3-4-10/h1-2,5-7,10H,3-4,8,14H2. The van der Waals surface area contributed by atoms with Crippen molar-refractivity contribution in [3.05, 3.63) is 36.5 Å². The third kappa shape index (κ3) is 1.76. The third-order valence-corrected chi connectivity index (χ3v) is 3.39. The summed E-state index contributed by atoms with van der Waals surface area (Å²) in [6.07, 6.45) is 7.71. The van der Waals surface area contributed by atoms with Gasteiger partial charge < -0.3 is 10.3 Å². The summed E-state index contributed by atoms with van der Waals surface area (Å²) in [5.41, 5.74) is 8.29. The van der Waals surface area contributed by atoms with Crippen LogP contribution in [0.3, 0.4) is 0 Å². The number of nitrogen functional groups attached to an aromatic ring is 1. The third-order valence-electron chi connectivity index (χ3n) is 3.39. The molecule has 3 heterocycles. The SMILES string of the molecule is Nc1cnn(Cc2nc3cccnc3n2C2CC2)c1. The van der Waals surface area contributed by atoms with E-state index in [1.807, 2.05) is 29.2 Å². The molecule has 0 spiro atoms. The van der Waals surface area contributed by atoms with Crippen LogP contribution in [-0.2, 0) is 6.54 Å².